The lowest BCUT2D eigenvalue weighted by Gasteiger charge is -2.13. The van der Waals surface area contributed by atoms with Gasteiger partial charge in [-0.3, -0.25) is 10.1 Å². The minimum atomic E-state index is -0.629. The van der Waals surface area contributed by atoms with Gasteiger partial charge < -0.3 is 9.92 Å². The van der Waals surface area contributed by atoms with Gasteiger partial charge in [-0.2, -0.15) is 0 Å². The highest BCUT2D eigenvalue weighted by Gasteiger charge is 2.17. The van der Waals surface area contributed by atoms with E-state index in [2.05, 4.69) is 6.04 Å². The fraction of sp³-hybridized carbons (Fsp3) is 0. The molecule has 0 atom stereocenters. The monoisotopic (exact) mass is 258 g/mol. The van der Waals surface area contributed by atoms with Crippen molar-refractivity contribution >= 4 is 42.6 Å². The number of hydrogen-bond acceptors (Lipinski definition) is 4. The number of halogens is 2. The number of nitro benzene ring substituents is 1. The van der Waals surface area contributed by atoms with Crippen molar-refractivity contribution in [2.45, 2.75) is 0 Å². The first-order valence-electron chi connectivity index (χ1n) is 3.99. The summed E-state index contributed by atoms with van der Waals surface area (Å²) in [4.78, 5) is 11.2. The maximum Gasteiger partial charge on any atom is 0.289 e. The third-order valence-electron chi connectivity index (χ3n) is 1.79. The molecule has 5 nitrogen and oxygen atoms in total. The van der Waals surface area contributed by atoms with Crippen LogP contribution in [0.1, 0.15) is 0 Å². The second-order valence-corrected chi connectivity index (χ2v) is 3.61. The van der Waals surface area contributed by atoms with Gasteiger partial charge in [-0.05, 0) is 6.07 Å². The summed E-state index contributed by atoms with van der Waals surface area (Å²) in [6.45, 7) is 0. The van der Waals surface area contributed by atoms with Crippen LogP contribution in [0.25, 0.3) is 0 Å². The van der Waals surface area contributed by atoms with Gasteiger partial charge in [0.05, 0.1) is 15.6 Å². The Balaban J connectivity index is 3.29. The summed E-state index contributed by atoms with van der Waals surface area (Å²) in [7, 11) is 1.53. The molecule has 0 aromatic heterocycles. The molecule has 0 fully saturated rings. The molecule has 0 unspecified atom stereocenters. The number of benzene rings is 1. The van der Waals surface area contributed by atoms with Crippen LogP contribution >= 0.6 is 23.2 Å². The van der Waals surface area contributed by atoms with Crippen molar-refractivity contribution in [3.63, 3.8) is 0 Å². The van der Waals surface area contributed by atoms with E-state index in [-0.39, 0.29) is 15.7 Å². The first kappa shape index (κ1) is 12.5. The maximum atomic E-state index is 10.6. The van der Waals surface area contributed by atoms with E-state index >= 15 is 0 Å². The largest absolute Gasteiger partial charge is 0.461 e. The second-order valence-electron chi connectivity index (χ2n) is 2.79. The smallest absolute Gasteiger partial charge is 0.289 e. The predicted molar refractivity (Wildman–Crippen MR) is 63.9 cm³/mol. The first-order chi connectivity index (χ1) is 7.47. The molecule has 0 saturated carbocycles. The van der Waals surface area contributed by atoms with Crippen LogP contribution in [0, 0.1) is 22.3 Å². The molecule has 1 rings (SSSR count). The van der Waals surface area contributed by atoms with Crippen molar-refractivity contribution in [3.8, 4) is 12.2 Å². The Morgan fingerprint density at radius 1 is 1.44 bits per heavy atom. The molecular formula is C8H5BCl2N2O3. The predicted octanol–water partition coefficient (Wildman–Crippen LogP) is 1.55. The minimum absolute atomic E-state index is 0.0454. The Bertz CT molecular complexity index is 498. The van der Waals surface area contributed by atoms with Gasteiger partial charge in [-0.25, -0.2) is 0 Å². The van der Waals surface area contributed by atoms with Crippen LogP contribution < -0.4 is 4.81 Å². The van der Waals surface area contributed by atoms with Crippen molar-refractivity contribution in [2.75, 3.05) is 4.81 Å². The number of aliphatic hydroxyl groups is 1. The zero-order valence-corrected chi connectivity index (χ0v) is 9.58. The number of rotatable bonds is 2. The van der Waals surface area contributed by atoms with Crippen LogP contribution in [-0.2, 0) is 0 Å². The van der Waals surface area contributed by atoms with E-state index in [0.717, 1.165) is 6.07 Å². The highest BCUT2D eigenvalue weighted by Crippen LogP contribution is 2.35. The lowest BCUT2D eigenvalue weighted by molar-refractivity contribution is -0.384. The lowest BCUT2D eigenvalue weighted by Crippen LogP contribution is -2.11. The van der Waals surface area contributed by atoms with E-state index in [0.29, 0.717) is 5.69 Å². The van der Waals surface area contributed by atoms with Crippen molar-refractivity contribution < 1.29 is 10.0 Å². The fourth-order valence-electron chi connectivity index (χ4n) is 1.06. The number of aliphatic hydroxyl groups excluding tert-OH is 1. The Kier molecular flexibility index (Phi) is 3.88. The molecule has 0 aliphatic rings. The maximum absolute atomic E-state index is 10.6. The van der Waals surface area contributed by atoms with Crippen molar-refractivity contribution in [3.05, 3.63) is 32.3 Å². The van der Waals surface area contributed by atoms with Crippen LogP contribution in [0.5, 0.6) is 0 Å². The zero-order chi connectivity index (χ0) is 12.3. The van der Waals surface area contributed by atoms with Crippen molar-refractivity contribution in [1.82, 2.24) is 0 Å². The molecule has 0 aliphatic carbocycles. The number of hydrogen-bond donors (Lipinski definition) is 1. The highest BCUT2D eigenvalue weighted by atomic mass is 35.5. The summed E-state index contributed by atoms with van der Waals surface area (Å²) in [6.07, 6.45) is 1.69. The minimum Gasteiger partial charge on any atom is -0.461 e. The Labute approximate surface area is 102 Å². The van der Waals surface area contributed by atoms with Gasteiger partial charge >= 0.3 is 0 Å². The summed E-state index contributed by atoms with van der Waals surface area (Å²) >= 11 is 11.5. The molecular weight excluding hydrogens is 254 g/mol. The van der Waals surface area contributed by atoms with Crippen molar-refractivity contribution in [1.29, 1.82) is 0 Å². The molecule has 1 N–H and O–H groups in total. The molecule has 0 radical (unpaired) electrons. The highest BCUT2D eigenvalue weighted by molar-refractivity contribution is 6.38. The quantitative estimate of drug-likeness (QED) is 0.287. The summed E-state index contributed by atoms with van der Waals surface area (Å²) in [5.74, 6) is 0. The summed E-state index contributed by atoms with van der Waals surface area (Å²) < 4.78 is 0. The summed E-state index contributed by atoms with van der Waals surface area (Å²) in [5, 5.41) is 19.1. The molecule has 0 amide bonds. The van der Waals surface area contributed by atoms with Gasteiger partial charge in [0.15, 0.2) is 0 Å². The molecule has 1 aromatic carbocycles. The van der Waals surface area contributed by atoms with Crippen LogP contribution in [0.2, 0.25) is 10.0 Å². The van der Waals surface area contributed by atoms with E-state index in [1.165, 1.54) is 18.9 Å². The van der Waals surface area contributed by atoms with Crippen LogP contribution in [0.15, 0.2) is 12.1 Å². The fourth-order valence-corrected chi connectivity index (χ4v) is 1.57. The summed E-state index contributed by atoms with van der Waals surface area (Å²) in [6, 6.07) is 4.75. The van der Waals surface area contributed by atoms with E-state index in [1.54, 1.807) is 6.11 Å². The van der Waals surface area contributed by atoms with Crippen LogP contribution in [-0.4, -0.2) is 18.0 Å². The normalized spacial score (nSPS) is 9.12. The van der Waals surface area contributed by atoms with Crippen LogP contribution in [0.3, 0.4) is 0 Å². The molecule has 0 saturated heterocycles. The number of nitrogens with zero attached hydrogens (tertiary/aromatic N) is 2. The van der Waals surface area contributed by atoms with E-state index in [9.17, 15) is 10.1 Å². The van der Waals surface area contributed by atoms with Crippen molar-refractivity contribution in [2.24, 2.45) is 0 Å². The average Bonchev–Trinajstić information content (AvgIpc) is 2.20. The molecule has 0 heterocycles. The molecule has 16 heavy (non-hydrogen) atoms. The van der Waals surface area contributed by atoms with Gasteiger partial charge in [-0.1, -0.05) is 23.2 Å². The van der Waals surface area contributed by atoms with E-state index in [1.807, 2.05) is 0 Å². The van der Waals surface area contributed by atoms with Gasteiger partial charge in [0.2, 0.25) is 7.98 Å². The van der Waals surface area contributed by atoms with Gasteiger partial charge in [0, 0.05) is 12.1 Å². The molecule has 0 aliphatic heterocycles. The standard InChI is InChI=1S/C8H5BCl2N2O3/c9-12(1-2-14)7-3-6(11)8(13(15)16)4-5(7)10/h3-4,14H,9H2. The van der Waals surface area contributed by atoms with Crippen LogP contribution in [0.4, 0.5) is 11.4 Å². The van der Waals surface area contributed by atoms with Gasteiger partial charge in [-0.15, -0.1) is 0 Å². The first-order valence-corrected chi connectivity index (χ1v) is 4.75. The second kappa shape index (κ2) is 4.97. The van der Waals surface area contributed by atoms with E-state index < -0.39 is 4.92 Å². The van der Waals surface area contributed by atoms with Gasteiger partial charge in [0.1, 0.15) is 11.1 Å². The SMILES string of the molecule is BN(C#CO)c1cc(Cl)c([N+](=O)[O-])cc1Cl. The molecule has 82 valence electrons. The number of anilines is 1. The third-order valence-corrected chi connectivity index (χ3v) is 2.40. The topological polar surface area (TPSA) is 66.6 Å². The third kappa shape index (κ3) is 2.51. The van der Waals surface area contributed by atoms with Gasteiger partial charge in [0.25, 0.3) is 5.69 Å². The Morgan fingerprint density at radius 2 is 2.06 bits per heavy atom. The average molecular weight is 259 g/mol. The number of nitro groups is 1. The molecule has 8 heteroatoms. The van der Waals surface area contributed by atoms with E-state index in [4.69, 9.17) is 28.3 Å². The molecule has 1 aromatic rings. The molecule has 0 bridgehead atoms. The lowest BCUT2D eigenvalue weighted by atomic mass is 10.2. The Hall–Kier alpha value is -1.58. The summed E-state index contributed by atoms with van der Waals surface area (Å²) in [5.41, 5.74) is 0.0968. The molecule has 0 spiro atoms. The Morgan fingerprint density at radius 3 is 2.56 bits per heavy atom. The zero-order valence-electron chi connectivity index (χ0n) is 8.07.